The van der Waals surface area contributed by atoms with Crippen LogP contribution in [0.25, 0.3) is 21.3 Å². The summed E-state index contributed by atoms with van der Waals surface area (Å²) in [6.07, 6.45) is 0. The van der Waals surface area contributed by atoms with Gasteiger partial charge in [0.2, 0.25) is 5.91 Å². The summed E-state index contributed by atoms with van der Waals surface area (Å²) in [5.74, 6) is 0.325. The van der Waals surface area contributed by atoms with Gasteiger partial charge in [-0.3, -0.25) is 9.59 Å². The fourth-order valence-corrected chi connectivity index (χ4v) is 5.39. The number of amides is 1. The van der Waals surface area contributed by atoms with E-state index in [1.54, 1.807) is 0 Å². The molecule has 0 aliphatic carbocycles. The van der Waals surface area contributed by atoms with Crippen LogP contribution in [0.1, 0.15) is 43.4 Å². The number of nitrogens with zero attached hydrogens (tertiary/aromatic N) is 1. The molecule has 1 atom stereocenters. The number of carbonyl (C=O) groups excluding carboxylic acids is 1. The van der Waals surface area contributed by atoms with Crippen molar-refractivity contribution in [2.75, 3.05) is 5.32 Å². The van der Waals surface area contributed by atoms with Crippen LogP contribution in [0, 0.1) is 13.8 Å². The molecule has 7 heteroatoms. The highest BCUT2D eigenvalue weighted by atomic mass is 32.2. The summed E-state index contributed by atoms with van der Waals surface area (Å²) < 4.78 is 0. The lowest BCUT2D eigenvalue weighted by atomic mass is 9.99. The number of thiophene rings is 1. The summed E-state index contributed by atoms with van der Waals surface area (Å²) in [5.41, 5.74) is 5.93. The molecular formula is C26H27N3O2S2. The second-order valence-electron chi connectivity index (χ2n) is 8.47. The Labute approximate surface area is 201 Å². The van der Waals surface area contributed by atoms with Crippen LogP contribution in [-0.4, -0.2) is 21.1 Å². The van der Waals surface area contributed by atoms with Gasteiger partial charge in [-0.15, -0.1) is 11.3 Å². The highest BCUT2D eigenvalue weighted by Gasteiger charge is 2.19. The minimum atomic E-state index is -0.423. The Balaban J connectivity index is 1.55. The Morgan fingerprint density at radius 3 is 2.52 bits per heavy atom. The number of thioether (sulfide) groups is 1. The Bertz CT molecular complexity index is 1370. The molecule has 0 fully saturated rings. The van der Waals surface area contributed by atoms with Crippen molar-refractivity contribution in [3.8, 4) is 11.1 Å². The summed E-state index contributed by atoms with van der Waals surface area (Å²) in [6.45, 7) is 10.1. The second-order valence-corrected chi connectivity index (χ2v) is 10.7. The molecule has 0 saturated carbocycles. The molecule has 2 heterocycles. The molecule has 0 radical (unpaired) electrons. The van der Waals surface area contributed by atoms with E-state index in [0.29, 0.717) is 21.3 Å². The SMILES string of the molecule is Cc1cccc(NC(=O)C(C)Sc2nc3scc(-c4ccc(C(C)C)cc4)c3c(=O)[nH]2)c1C. The van der Waals surface area contributed by atoms with E-state index in [1.165, 1.54) is 28.7 Å². The van der Waals surface area contributed by atoms with Crippen molar-refractivity contribution in [1.82, 2.24) is 9.97 Å². The number of aryl methyl sites for hydroxylation is 1. The molecule has 1 amide bonds. The molecule has 4 rings (SSSR count). The lowest BCUT2D eigenvalue weighted by Gasteiger charge is -2.14. The van der Waals surface area contributed by atoms with Gasteiger partial charge >= 0.3 is 0 Å². The van der Waals surface area contributed by atoms with Gasteiger partial charge in [0.15, 0.2) is 5.16 Å². The van der Waals surface area contributed by atoms with E-state index in [0.717, 1.165) is 27.9 Å². The maximum atomic E-state index is 13.0. The molecule has 1 unspecified atom stereocenters. The Hall–Kier alpha value is -2.90. The van der Waals surface area contributed by atoms with Crippen LogP contribution >= 0.6 is 23.1 Å². The minimum absolute atomic E-state index is 0.131. The zero-order chi connectivity index (χ0) is 23.7. The smallest absolute Gasteiger partial charge is 0.260 e. The maximum Gasteiger partial charge on any atom is 0.260 e. The van der Waals surface area contributed by atoms with Gasteiger partial charge in [-0.1, -0.05) is 62.0 Å². The van der Waals surface area contributed by atoms with Crippen LogP contribution in [-0.2, 0) is 4.79 Å². The molecule has 2 aromatic carbocycles. The molecule has 33 heavy (non-hydrogen) atoms. The van der Waals surface area contributed by atoms with Crippen molar-refractivity contribution < 1.29 is 4.79 Å². The molecule has 4 aromatic rings. The molecule has 0 aliphatic rings. The second kappa shape index (κ2) is 9.53. The molecule has 2 N–H and O–H groups in total. The van der Waals surface area contributed by atoms with Crippen LogP contribution in [0.4, 0.5) is 5.69 Å². The van der Waals surface area contributed by atoms with E-state index in [4.69, 9.17) is 0 Å². The summed E-state index contributed by atoms with van der Waals surface area (Å²) in [4.78, 5) is 33.9. The third kappa shape index (κ3) is 4.89. The largest absolute Gasteiger partial charge is 0.325 e. The van der Waals surface area contributed by atoms with Gasteiger partial charge in [-0.25, -0.2) is 4.98 Å². The highest BCUT2D eigenvalue weighted by Crippen LogP contribution is 2.33. The van der Waals surface area contributed by atoms with Crippen LogP contribution in [0.2, 0.25) is 0 Å². The first kappa shape index (κ1) is 23.3. The molecule has 0 aliphatic heterocycles. The van der Waals surface area contributed by atoms with Crippen molar-refractivity contribution in [3.63, 3.8) is 0 Å². The van der Waals surface area contributed by atoms with Crippen LogP contribution in [0.15, 0.2) is 57.8 Å². The molecule has 5 nitrogen and oxygen atoms in total. The third-order valence-corrected chi connectivity index (χ3v) is 7.69. The first-order valence-electron chi connectivity index (χ1n) is 10.9. The van der Waals surface area contributed by atoms with Gasteiger partial charge in [-0.2, -0.15) is 0 Å². The van der Waals surface area contributed by atoms with Gasteiger partial charge in [0.1, 0.15) is 4.83 Å². The van der Waals surface area contributed by atoms with Gasteiger partial charge in [0.05, 0.1) is 10.6 Å². The number of H-pyrrole nitrogens is 1. The fraction of sp³-hybridized carbons (Fsp3) is 0.269. The summed E-state index contributed by atoms with van der Waals surface area (Å²) in [7, 11) is 0. The minimum Gasteiger partial charge on any atom is -0.325 e. The monoisotopic (exact) mass is 477 g/mol. The number of aromatic nitrogens is 2. The third-order valence-electron chi connectivity index (χ3n) is 5.83. The van der Waals surface area contributed by atoms with Crippen LogP contribution < -0.4 is 10.9 Å². The number of benzene rings is 2. The maximum absolute atomic E-state index is 13.0. The zero-order valence-corrected chi connectivity index (χ0v) is 21.0. The molecule has 0 spiro atoms. The van der Waals surface area contributed by atoms with Gasteiger partial charge in [0, 0.05) is 16.6 Å². The summed E-state index contributed by atoms with van der Waals surface area (Å²) in [6, 6.07) is 14.1. The molecule has 0 saturated heterocycles. The quantitative estimate of drug-likeness (QED) is 0.245. The normalized spacial score (nSPS) is 12.3. The first-order chi connectivity index (χ1) is 15.7. The van der Waals surface area contributed by atoms with Crippen molar-refractivity contribution in [2.24, 2.45) is 0 Å². The van der Waals surface area contributed by atoms with Crippen molar-refractivity contribution in [3.05, 3.63) is 74.9 Å². The Morgan fingerprint density at radius 1 is 1.09 bits per heavy atom. The van der Waals surface area contributed by atoms with E-state index in [9.17, 15) is 9.59 Å². The van der Waals surface area contributed by atoms with Gasteiger partial charge < -0.3 is 10.3 Å². The number of carbonyl (C=O) groups is 1. The summed E-state index contributed by atoms with van der Waals surface area (Å²) in [5, 5.41) is 5.57. The van der Waals surface area contributed by atoms with E-state index in [2.05, 4.69) is 53.4 Å². The lowest BCUT2D eigenvalue weighted by Crippen LogP contribution is -2.23. The topological polar surface area (TPSA) is 74.8 Å². The van der Waals surface area contributed by atoms with E-state index < -0.39 is 5.25 Å². The molecule has 170 valence electrons. The number of fused-ring (bicyclic) bond motifs is 1. The van der Waals surface area contributed by atoms with E-state index >= 15 is 0 Å². The Morgan fingerprint density at radius 2 is 1.82 bits per heavy atom. The van der Waals surface area contributed by atoms with Crippen molar-refractivity contribution in [2.45, 2.75) is 50.9 Å². The number of hydrogen-bond donors (Lipinski definition) is 2. The average Bonchev–Trinajstić information content (AvgIpc) is 3.21. The molecule has 0 bridgehead atoms. The number of nitrogens with one attached hydrogen (secondary N) is 2. The number of rotatable bonds is 6. The predicted molar refractivity (Wildman–Crippen MR) is 140 cm³/mol. The fourth-order valence-electron chi connectivity index (χ4n) is 3.59. The highest BCUT2D eigenvalue weighted by molar-refractivity contribution is 8.00. The molecular weight excluding hydrogens is 450 g/mol. The van der Waals surface area contributed by atoms with Gasteiger partial charge in [-0.05, 0) is 55.0 Å². The predicted octanol–water partition coefficient (Wildman–Crippen LogP) is 6.51. The zero-order valence-electron chi connectivity index (χ0n) is 19.4. The van der Waals surface area contributed by atoms with Crippen molar-refractivity contribution >= 4 is 44.9 Å². The average molecular weight is 478 g/mol. The van der Waals surface area contributed by atoms with Crippen molar-refractivity contribution in [1.29, 1.82) is 0 Å². The Kier molecular flexibility index (Phi) is 6.72. The standard InChI is InChI=1S/C26H27N3O2S2/c1-14(2)18-9-11-19(12-10-18)20-13-32-25-22(20)24(31)28-26(29-25)33-17(5)23(30)27-21-8-6-7-15(3)16(21)4/h6-14,17H,1-5H3,(H,27,30)(H,28,29,31). The number of hydrogen-bond acceptors (Lipinski definition) is 5. The number of aromatic amines is 1. The van der Waals surface area contributed by atoms with Crippen LogP contribution in [0.5, 0.6) is 0 Å². The lowest BCUT2D eigenvalue weighted by molar-refractivity contribution is -0.115. The first-order valence-corrected chi connectivity index (χ1v) is 12.7. The van der Waals surface area contributed by atoms with Crippen LogP contribution in [0.3, 0.4) is 0 Å². The van der Waals surface area contributed by atoms with E-state index in [1.807, 2.05) is 44.4 Å². The van der Waals surface area contributed by atoms with E-state index in [-0.39, 0.29) is 11.5 Å². The summed E-state index contributed by atoms with van der Waals surface area (Å²) >= 11 is 2.69. The molecule has 2 aromatic heterocycles. The van der Waals surface area contributed by atoms with Gasteiger partial charge in [0.25, 0.3) is 5.56 Å². The number of anilines is 1.